The fourth-order valence-electron chi connectivity index (χ4n) is 1.27. The van der Waals surface area contributed by atoms with Crippen LogP contribution < -0.4 is 10.6 Å². The third-order valence-electron chi connectivity index (χ3n) is 2.11. The number of hydrogen-bond donors (Lipinski definition) is 2. The summed E-state index contributed by atoms with van der Waals surface area (Å²) in [7, 11) is 0. The van der Waals surface area contributed by atoms with Crippen molar-refractivity contribution in [3.63, 3.8) is 0 Å². The molecule has 0 saturated carbocycles. The van der Waals surface area contributed by atoms with Crippen LogP contribution >= 0.6 is 27.5 Å². The van der Waals surface area contributed by atoms with Crippen LogP contribution in [0.5, 0.6) is 0 Å². The average Bonchev–Trinajstić information content (AvgIpc) is 2.32. The Morgan fingerprint density at radius 2 is 2.00 bits per heavy atom. The fraction of sp³-hybridized carbons (Fsp3) is 0.333. The summed E-state index contributed by atoms with van der Waals surface area (Å²) >= 11 is 9.09. The van der Waals surface area contributed by atoms with Gasteiger partial charge in [-0.25, -0.2) is 0 Å². The smallest absolute Gasteiger partial charge is 0.251 e. The predicted molar refractivity (Wildman–Crippen MR) is 74.8 cm³/mol. The lowest BCUT2D eigenvalue weighted by atomic mass is 10.2. The predicted octanol–water partition coefficient (Wildman–Crippen LogP) is 2.36. The minimum Gasteiger partial charge on any atom is -0.355 e. The van der Waals surface area contributed by atoms with Gasteiger partial charge in [-0.05, 0) is 24.6 Å². The zero-order chi connectivity index (χ0) is 13.5. The largest absolute Gasteiger partial charge is 0.355 e. The van der Waals surface area contributed by atoms with Crippen LogP contribution in [0.15, 0.2) is 22.7 Å². The van der Waals surface area contributed by atoms with Crippen molar-refractivity contribution in [1.82, 2.24) is 10.6 Å². The van der Waals surface area contributed by atoms with Crippen LogP contribution in [0.1, 0.15) is 23.7 Å². The molecule has 2 N–H and O–H groups in total. The third kappa shape index (κ3) is 5.06. The lowest BCUT2D eigenvalue weighted by Crippen LogP contribution is -2.37. The molecule has 18 heavy (non-hydrogen) atoms. The Hall–Kier alpha value is -1.07. The van der Waals surface area contributed by atoms with Crippen LogP contribution in [0.25, 0.3) is 0 Å². The highest BCUT2D eigenvalue weighted by molar-refractivity contribution is 9.10. The molecule has 0 atom stereocenters. The first kappa shape index (κ1) is 15.0. The zero-order valence-electron chi connectivity index (χ0n) is 9.93. The van der Waals surface area contributed by atoms with Gasteiger partial charge in [-0.1, -0.05) is 34.5 Å². The fourth-order valence-corrected chi connectivity index (χ4v) is 2.13. The summed E-state index contributed by atoms with van der Waals surface area (Å²) in [6, 6.07) is 4.88. The van der Waals surface area contributed by atoms with Gasteiger partial charge in [0.1, 0.15) is 0 Å². The summed E-state index contributed by atoms with van der Waals surface area (Å²) in [5.74, 6) is -0.531. The Kier molecular flexibility index (Phi) is 6.15. The normalized spacial score (nSPS) is 9.94. The van der Waals surface area contributed by atoms with Crippen LogP contribution in [0.4, 0.5) is 0 Å². The minimum atomic E-state index is -0.329. The van der Waals surface area contributed by atoms with Crippen molar-refractivity contribution in [2.75, 3.05) is 13.1 Å². The molecule has 0 bridgehead atoms. The quantitative estimate of drug-likeness (QED) is 0.869. The Morgan fingerprint density at radius 3 is 2.61 bits per heavy atom. The molecule has 0 aliphatic carbocycles. The summed E-state index contributed by atoms with van der Waals surface area (Å²) < 4.78 is 0.718. The van der Waals surface area contributed by atoms with Crippen LogP contribution in [-0.4, -0.2) is 24.9 Å². The van der Waals surface area contributed by atoms with E-state index in [0.29, 0.717) is 17.1 Å². The maximum absolute atomic E-state index is 11.8. The second-order valence-electron chi connectivity index (χ2n) is 3.69. The topological polar surface area (TPSA) is 58.2 Å². The maximum atomic E-state index is 11.8. The molecule has 0 aliphatic heterocycles. The van der Waals surface area contributed by atoms with Gasteiger partial charge in [-0.15, -0.1) is 0 Å². The van der Waals surface area contributed by atoms with Crippen molar-refractivity contribution in [2.45, 2.75) is 13.3 Å². The number of benzene rings is 1. The number of amides is 2. The van der Waals surface area contributed by atoms with Crippen molar-refractivity contribution >= 4 is 39.3 Å². The highest BCUT2D eigenvalue weighted by Gasteiger charge is 2.09. The molecule has 0 aliphatic rings. The summed E-state index contributed by atoms with van der Waals surface area (Å²) in [6.07, 6.45) is 0.862. The van der Waals surface area contributed by atoms with E-state index in [1.165, 1.54) is 0 Å². The molecule has 0 radical (unpaired) electrons. The summed E-state index contributed by atoms with van der Waals surface area (Å²) in [5.41, 5.74) is 0.415. The van der Waals surface area contributed by atoms with Gasteiger partial charge in [0, 0.05) is 21.6 Å². The molecule has 0 fully saturated rings. The number of hydrogen-bond acceptors (Lipinski definition) is 2. The first-order chi connectivity index (χ1) is 8.52. The van der Waals surface area contributed by atoms with E-state index in [1.54, 1.807) is 18.2 Å². The van der Waals surface area contributed by atoms with Gasteiger partial charge >= 0.3 is 0 Å². The molecule has 0 spiro atoms. The molecule has 0 aromatic heterocycles. The number of rotatable bonds is 5. The van der Waals surface area contributed by atoms with Crippen molar-refractivity contribution in [3.8, 4) is 0 Å². The van der Waals surface area contributed by atoms with Crippen molar-refractivity contribution in [1.29, 1.82) is 0 Å². The second kappa shape index (κ2) is 7.38. The Morgan fingerprint density at radius 1 is 1.28 bits per heavy atom. The van der Waals surface area contributed by atoms with Gasteiger partial charge < -0.3 is 10.6 Å². The summed E-state index contributed by atoms with van der Waals surface area (Å²) in [6.45, 7) is 2.53. The van der Waals surface area contributed by atoms with E-state index in [0.717, 1.165) is 10.9 Å². The molecule has 1 rings (SSSR count). The van der Waals surface area contributed by atoms with Crippen LogP contribution in [0.3, 0.4) is 0 Å². The van der Waals surface area contributed by atoms with E-state index >= 15 is 0 Å². The summed E-state index contributed by atoms with van der Waals surface area (Å²) in [4.78, 5) is 23.1. The molecule has 0 unspecified atom stereocenters. The van der Waals surface area contributed by atoms with Crippen molar-refractivity contribution in [3.05, 3.63) is 33.3 Å². The minimum absolute atomic E-state index is 0.0387. The van der Waals surface area contributed by atoms with E-state index in [4.69, 9.17) is 11.6 Å². The summed E-state index contributed by atoms with van der Waals surface area (Å²) in [5, 5.41) is 5.67. The van der Waals surface area contributed by atoms with E-state index < -0.39 is 0 Å². The monoisotopic (exact) mass is 332 g/mol. The van der Waals surface area contributed by atoms with Crippen molar-refractivity contribution < 1.29 is 9.59 Å². The molecule has 1 aromatic carbocycles. The van der Waals surface area contributed by atoms with Crippen LogP contribution in [-0.2, 0) is 4.79 Å². The Balaban J connectivity index is 2.52. The molecular formula is C12H14BrClN2O2. The Labute approximate surface area is 119 Å². The van der Waals surface area contributed by atoms with Gasteiger partial charge in [0.25, 0.3) is 5.91 Å². The molecule has 2 amide bonds. The number of nitrogens with one attached hydrogen (secondary N) is 2. The molecule has 0 saturated heterocycles. The molecule has 0 heterocycles. The zero-order valence-corrected chi connectivity index (χ0v) is 12.3. The number of carbonyl (C=O) groups is 2. The first-order valence-corrected chi connectivity index (χ1v) is 6.71. The van der Waals surface area contributed by atoms with Gasteiger partial charge in [0.2, 0.25) is 5.91 Å². The first-order valence-electron chi connectivity index (χ1n) is 5.54. The van der Waals surface area contributed by atoms with Crippen LogP contribution in [0.2, 0.25) is 5.02 Å². The molecule has 98 valence electrons. The SMILES string of the molecule is CCCNC(=O)CNC(=O)c1cc(Cl)cc(Br)c1. The van der Waals surface area contributed by atoms with E-state index in [2.05, 4.69) is 26.6 Å². The van der Waals surface area contributed by atoms with Crippen LogP contribution in [0, 0.1) is 0 Å². The lowest BCUT2D eigenvalue weighted by Gasteiger charge is -2.06. The van der Waals surface area contributed by atoms with E-state index in [1.807, 2.05) is 6.92 Å². The average molecular weight is 334 g/mol. The Bertz CT molecular complexity index is 431. The third-order valence-corrected chi connectivity index (χ3v) is 2.78. The highest BCUT2D eigenvalue weighted by atomic mass is 79.9. The molecule has 4 nitrogen and oxygen atoms in total. The second-order valence-corrected chi connectivity index (χ2v) is 5.04. The highest BCUT2D eigenvalue weighted by Crippen LogP contribution is 2.19. The van der Waals surface area contributed by atoms with Gasteiger partial charge in [-0.3, -0.25) is 9.59 Å². The van der Waals surface area contributed by atoms with Crippen molar-refractivity contribution in [2.24, 2.45) is 0 Å². The molecule has 6 heteroatoms. The number of carbonyl (C=O) groups excluding carboxylic acids is 2. The van der Waals surface area contributed by atoms with E-state index in [9.17, 15) is 9.59 Å². The maximum Gasteiger partial charge on any atom is 0.251 e. The standard InChI is InChI=1S/C12H14BrClN2O2/c1-2-3-15-11(17)7-16-12(18)8-4-9(13)6-10(14)5-8/h4-6H,2-3,7H2,1H3,(H,15,17)(H,16,18). The molecule has 1 aromatic rings. The molecular weight excluding hydrogens is 320 g/mol. The van der Waals surface area contributed by atoms with Gasteiger partial charge in [-0.2, -0.15) is 0 Å². The number of halogens is 2. The van der Waals surface area contributed by atoms with Gasteiger partial charge in [0.15, 0.2) is 0 Å². The lowest BCUT2D eigenvalue weighted by molar-refractivity contribution is -0.120. The van der Waals surface area contributed by atoms with E-state index in [-0.39, 0.29) is 18.4 Å². The van der Waals surface area contributed by atoms with Gasteiger partial charge in [0.05, 0.1) is 6.54 Å².